The van der Waals surface area contributed by atoms with Crippen LogP contribution in [0.1, 0.15) is 12.8 Å². The van der Waals surface area contributed by atoms with E-state index in [2.05, 4.69) is 10.6 Å². The van der Waals surface area contributed by atoms with Crippen molar-refractivity contribution in [2.45, 2.75) is 12.8 Å². The summed E-state index contributed by atoms with van der Waals surface area (Å²) in [5, 5.41) is 5.20. The zero-order valence-electron chi connectivity index (χ0n) is 13.2. The number of benzene rings is 1. The topological polar surface area (TPSA) is 61.4 Å². The Bertz CT molecular complexity index is 593. The normalized spacial score (nSPS) is 19.5. The van der Waals surface area contributed by atoms with E-state index in [1.807, 2.05) is 19.0 Å². The SMILES string of the molecule is CN(C)CCCNC(=O)C1CC1C(=O)Nc1ccc(F)cc1F. The van der Waals surface area contributed by atoms with Crippen molar-refractivity contribution < 1.29 is 18.4 Å². The first-order valence-corrected chi connectivity index (χ1v) is 7.57. The number of carbonyl (C=O) groups excluding carboxylic acids is 2. The molecule has 0 aromatic heterocycles. The molecule has 0 bridgehead atoms. The standard InChI is InChI=1S/C16H21F2N3O2/c1-21(2)7-3-6-19-15(22)11-9-12(11)16(23)20-14-5-4-10(17)8-13(14)18/h4-5,8,11-12H,3,6-7,9H2,1-2H3,(H,19,22)(H,20,23). The van der Waals surface area contributed by atoms with Crippen LogP contribution in [0, 0.1) is 23.5 Å². The van der Waals surface area contributed by atoms with Crippen LogP contribution in [0.2, 0.25) is 0 Å². The van der Waals surface area contributed by atoms with Gasteiger partial charge in [-0.3, -0.25) is 9.59 Å². The van der Waals surface area contributed by atoms with Gasteiger partial charge in [0.25, 0.3) is 0 Å². The highest BCUT2D eigenvalue weighted by Crippen LogP contribution is 2.39. The van der Waals surface area contributed by atoms with E-state index in [0.717, 1.165) is 19.0 Å². The van der Waals surface area contributed by atoms with Crippen LogP contribution in [0.25, 0.3) is 0 Å². The lowest BCUT2D eigenvalue weighted by molar-refractivity contribution is -0.125. The second kappa shape index (κ2) is 7.50. The van der Waals surface area contributed by atoms with E-state index in [4.69, 9.17) is 0 Å². The number of halogens is 2. The molecule has 2 unspecified atom stereocenters. The molecule has 0 spiro atoms. The van der Waals surface area contributed by atoms with Gasteiger partial charge in [-0.15, -0.1) is 0 Å². The van der Waals surface area contributed by atoms with Crippen molar-refractivity contribution >= 4 is 17.5 Å². The lowest BCUT2D eigenvalue weighted by Crippen LogP contribution is -2.30. The van der Waals surface area contributed by atoms with Crippen LogP contribution in [0.3, 0.4) is 0 Å². The van der Waals surface area contributed by atoms with Crippen molar-refractivity contribution in [3.63, 3.8) is 0 Å². The van der Waals surface area contributed by atoms with Gasteiger partial charge in [-0.05, 0) is 45.6 Å². The summed E-state index contributed by atoms with van der Waals surface area (Å²) in [5.74, 6) is -2.91. The summed E-state index contributed by atoms with van der Waals surface area (Å²) in [6.07, 6.45) is 1.29. The monoisotopic (exact) mass is 325 g/mol. The zero-order chi connectivity index (χ0) is 17.0. The van der Waals surface area contributed by atoms with Crippen molar-refractivity contribution in [1.29, 1.82) is 0 Å². The molecule has 5 nitrogen and oxygen atoms in total. The largest absolute Gasteiger partial charge is 0.356 e. The maximum absolute atomic E-state index is 13.5. The molecular formula is C16H21F2N3O2. The molecule has 0 radical (unpaired) electrons. The van der Waals surface area contributed by atoms with Gasteiger partial charge in [-0.1, -0.05) is 0 Å². The van der Waals surface area contributed by atoms with Crippen LogP contribution in [0.15, 0.2) is 18.2 Å². The van der Waals surface area contributed by atoms with Crippen LogP contribution in [0.4, 0.5) is 14.5 Å². The van der Waals surface area contributed by atoms with Gasteiger partial charge in [-0.2, -0.15) is 0 Å². The summed E-state index contributed by atoms with van der Waals surface area (Å²) in [5.41, 5.74) is -0.0755. The maximum Gasteiger partial charge on any atom is 0.228 e. The second-order valence-electron chi connectivity index (χ2n) is 6.01. The third-order valence-electron chi connectivity index (χ3n) is 3.73. The molecule has 1 saturated carbocycles. The lowest BCUT2D eigenvalue weighted by Gasteiger charge is -2.10. The van der Waals surface area contributed by atoms with Crippen molar-refractivity contribution in [3.8, 4) is 0 Å². The van der Waals surface area contributed by atoms with E-state index >= 15 is 0 Å². The minimum absolute atomic E-state index is 0.0755. The van der Waals surface area contributed by atoms with Gasteiger partial charge in [0.2, 0.25) is 11.8 Å². The number of anilines is 1. The molecule has 1 aromatic rings. The van der Waals surface area contributed by atoms with E-state index in [-0.39, 0.29) is 17.5 Å². The summed E-state index contributed by atoms with van der Waals surface area (Å²) < 4.78 is 26.3. The van der Waals surface area contributed by atoms with Crippen LogP contribution >= 0.6 is 0 Å². The van der Waals surface area contributed by atoms with Crippen molar-refractivity contribution in [3.05, 3.63) is 29.8 Å². The van der Waals surface area contributed by atoms with Crippen LogP contribution < -0.4 is 10.6 Å². The fourth-order valence-corrected chi connectivity index (χ4v) is 2.33. The van der Waals surface area contributed by atoms with Crippen LogP contribution in [0.5, 0.6) is 0 Å². The van der Waals surface area contributed by atoms with Crippen molar-refractivity contribution in [1.82, 2.24) is 10.2 Å². The Labute approximate surface area is 134 Å². The molecule has 1 aromatic carbocycles. The zero-order valence-corrected chi connectivity index (χ0v) is 13.2. The summed E-state index contributed by atoms with van der Waals surface area (Å²) in [7, 11) is 3.91. The van der Waals surface area contributed by atoms with Crippen LogP contribution in [-0.2, 0) is 9.59 Å². The number of nitrogens with one attached hydrogen (secondary N) is 2. The molecule has 0 saturated heterocycles. The molecule has 126 valence electrons. The highest BCUT2D eigenvalue weighted by Gasteiger charge is 2.48. The Hall–Kier alpha value is -2.02. The Balaban J connectivity index is 1.76. The summed E-state index contributed by atoms with van der Waals surface area (Å²) >= 11 is 0. The molecule has 1 aliphatic carbocycles. The quantitative estimate of drug-likeness (QED) is 0.749. The molecule has 2 N–H and O–H groups in total. The first-order chi connectivity index (χ1) is 10.9. The van der Waals surface area contributed by atoms with Gasteiger partial charge < -0.3 is 15.5 Å². The smallest absolute Gasteiger partial charge is 0.228 e. The Morgan fingerprint density at radius 1 is 1.22 bits per heavy atom. The summed E-state index contributed by atoms with van der Waals surface area (Å²) in [4.78, 5) is 25.9. The Kier molecular flexibility index (Phi) is 5.65. The number of hydrogen-bond acceptors (Lipinski definition) is 3. The Morgan fingerprint density at radius 3 is 2.57 bits per heavy atom. The molecule has 0 heterocycles. The summed E-state index contributed by atoms with van der Waals surface area (Å²) in [6, 6.07) is 2.94. The number of hydrogen-bond donors (Lipinski definition) is 2. The van der Waals surface area contributed by atoms with Gasteiger partial charge in [0.05, 0.1) is 17.5 Å². The molecule has 23 heavy (non-hydrogen) atoms. The number of amides is 2. The van der Waals surface area contributed by atoms with Crippen molar-refractivity contribution in [2.24, 2.45) is 11.8 Å². The average Bonchev–Trinajstić information content (AvgIpc) is 3.26. The molecule has 1 fully saturated rings. The van der Waals surface area contributed by atoms with Gasteiger partial charge in [0, 0.05) is 12.6 Å². The number of nitrogens with zero attached hydrogens (tertiary/aromatic N) is 1. The first kappa shape index (κ1) is 17.3. The molecule has 1 aliphatic rings. The molecule has 0 aliphatic heterocycles. The molecule has 2 rings (SSSR count). The Morgan fingerprint density at radius 2 is 1.91 bits per heavy atom. The molecule has 2 amide bonds. The van der Waals surface area contributed by atoms with Gasteiger partial charge in [0.1, 0.15) is 11.6 Å². The average molecular weight is 325 g/mol. The van der Waals surface area contributed by atoms with Crippen molar-refractivity contribution in [2.75, 3.05) is 32.5 Å². The van der Waals surface area contributed by atoms with E-state index in [9.17, 15) is 18.4 Å². The third-order valence-corrected chi connectivity index (χ3v) is 3.73. The molecule has 7 heteroatoms. The predicted octanol–water partition coefficient (Wildman–Crippen LogP) is 1.61. The number of carbonyl (C=O) groups is 2. The second-order valence-corrected chi connectivity index (χ2v) is 6.01. The minimum Gasteiger partial charge on any atom is -0.356 e. The maximum atomic E-state index is 13.5. The van der Waals surface area contributed by atoms with E-state index < -0.39 is 23.5 Å². The summed E-state index contributed by atoms with van der Waals surface area (Å²) in [6.45, 7) is 1.44. The number of rotatable bonds is 7. The van der Waals surface area contributed by atoms with E-state index in [1.54, 1.807) is 0 Å². The first-order valence-electron chi connectivity index (χ1n) is 7.57. The van der Waals surface area contributed by atoms with Crippen LogP contribution in [-0.4, -0.2) is 43.9 Å². The highest BCUT2D eigenvalue weighted by atomic mass is 19.1. The molecule has 2 atom stereocenters. The van der Waals surface area contributed by atoms with Gasteiger partial charge >= 0.3 is 0 Å². The van der Waals surface area contributed by atoms with Gasteiger partial charge in [-0.25, -0.2) is 8.78 Å². The minimum atomic E-state index is -0.830. The van der Waals surface area contributed by atoms with Gasteiger partial charge in [0.15, 0.2) is 0 Å². The lowest BCUT2D eigenvalue weighted by atomic mass is 10.2. The van der Waals surface area contributed by atoms with E-state index in [1.165, 1.54) is 6.07 Å². The van der Waals surface area contributed by atoms with E-state index in [0.29, 0.717) is 19.0 Å². The molecular weight excluding hydrogens is 304 g/mol. The fraction of sp³-hybridized carbons (Fsp3) is 0.500. The highest BCUT2D eigenvalue weighted by molar-refractivity contribution is 5.99. The fourth-order valence-electron chi connectivity index (χ4n) is 2.33. The third kappa shape index (κ3) is 4.99. The predicted molar refractivity (Wildman–Crippen MR) is 82.8 cm³/mol.